The summed E-state index contributed by atoms with van der Waals surface area (Å²) >= 11 is 0. The highest BCUT2D eigenvalue weighted by molar-refractivity contribution is 5.88. The van der Waals surface area contributed by atoms with Gasteiger partial charge in [0.1, 0.15) is 0 Å². The third kappa shape index (κ3) is 6.01. The molecule has 0 radical (unpaired) electrons. The summed E-state index contributed by atoms with van der Waals surface area (Å²) in [5.41, 5.74) is 7.21. The first-order valence-corrected chi connectivity index (χ1v) is 6.34. The molecule has 0 bridgehead atoms. The van der Waals surface area contributed by atoms with Crippen molar-refractivity contribution in [1.82, 2.24) is 5.32 Å². The van der Waals surface area contributed by atoms with Gasteiger partial charge in [0, 0.05) is 25.6 Å². The number of nitrogens with one attached hydrogen (secondary N) is 2. The van der Waals surface area contributed by atoms with Crippen LogP contribution in [0.5, 0.6) is 0 Å². The highest BCUT2D eigenvalue weighted by Gasteiger charge is 2.06. The van der Waals surface area contributed by atoms with Crippen LogP contribution in [0, 0.1) is 5.92 Å². The van der Waals surface area contributed by atoms with E-state index in [0.29, 0.717) is 19.5 Å². The van der Waals surface area contributed by atoms with Gasteiger partial charge in [0.05, 0.1) is 0 Å². The van der Waals surface area contributed by atoms with E-state index in [2.05, 4.69) is 10.6 Å². The lowest BCUT2D eigenvalue weighted by Gasteiger charge is -2.09. The van der Waals surface area contributed by atoms with Crippen LogP contribution in [-0.4, -0.2) is 18.4 Å². The third-order valence-electron chi connectivity index (χ3n) is 2.70. The molecule has 2 amide bonds. The van der Waals surface area contributed by atoms with Crippen LogP contribution in [0.3, 0.4) is 0 Å². The highest BCUT2D eigenvalue weighted by atomic mass is 16.2. The SMILES string of the molecule is CC(=O)Nc1ccc(CNC(=O)CC(C)CN)cc1. The zero-order chi connectivity index (χ0) is 14.3. The molecule has 0 fully saturated rings. The molecule has 1 atom stereocenters. The fourth-order valence-electron chi connectivity index (χ4n) is 1.58. The maximum absolute atomic E-state index is 11.6. The first-order valence-electron chi connectivity index (χ1n) is 6.34. The minimum absolute atomic E-state index is 0.00360. The topological polar surface area (TPSA) is 84.2 Å². The van der Waals surface area contributed by atoms with Gasteiger partial charge in [-0.3, -0.25) is 9.59 Å². The molecule has 1 unspecified atom stereocenters. The molecule has 1 aromatic rings. The van der Waals surface area contributed by atoms with Crippen LogP contribution in [0.25, 0.3) is 0 Å². The Balaban J connectivity index is 2.41. The Labute approximate surface area is 113 Å². The predicted octanol–water partition coefficient (Wildman–Crippen LogP) is 1.25. The minimum Gasteiger partial charge on any atom is -0.352 e. The number of carbonyl (C=O) groups excluding carboxylic acids is 2. The number of benzene rings is 1. The van der Waals surface area contributed by atoms with Gasteiger partial charge in [-0.15, -0.1) is 0 Å². The van der Waals surface area contributed by atoms with E-state index in [4.69, 9.17) is 5.73 Å². The van der Waals surface area contributed by atoms with Gasteiger partial charge >= 0.3 is 0 Å². The van der Waals surface area contributed by atoms with Gasteiger partial charge in [0.25, 0.3) is 0 Å². The monoisotopic (exact) mass is 263 g/mol. The Morgan fingerprint density at radius 1 is 1.26 bits per heavy atom. The van der Waals surface area contributed by atoms with Gasteiger partial charge in [-0.1, -0.05) is 19.1 Å². The van der Waals surface area contributed by atoms with Gasteiger partial charge in [-0.25, -0.2) is 0 Å². The molecule has 0 spiro atoms. The minimum atomic E-state index is -0.100. The molecule has 4 N–H and O–H groups in total. The molecule has 0 aliphatic carbocycles. The normalized spacial score (nSPS) is 11.7. The molecular weight excluding hydrogens is 242 g/mol. The van der Waals surface area contributed by atoms with Gasteiger partial charge in [0.15, 0.2) is 0 Å². The largest absolute Gasteiger partial charge is 0.352 e. The predicted molar refractivity (Wildman–Crippen MR) is 75.4 cm³/mol. The summed E-state index contributed by atoms with van der Waals surface area (Å²) in [4.78, 5) is 22.4. The van der Waals surface area contributed by atoms with Crippen molar-refractivity contribution in [1.29, 1.82) is 0 Å². The second kappa shape index (κ2) is 7.53. The van der Waals surface area contributed by atoms with E-state index in [1.54, 1.807) is 0 Å². The van der Waals surface area contributed by atoms with Crippen LogP contribution in [-0.2, 0) is 16.1 Å². The van der Waals surface area contributed by atoms with Crippen LogP contribution < -0.4 is 16.4 Å². The zero-order valence-electron chi connectivity index (χ0n) is 11.4. The Morgan fingerprint density at radius 2 is 1.89 bits per heavy atom. The Morgan fingerprint density at radius 3 is 2.42 bits per heavy atom. The lowest BCUT2D eigenvalue weighted by Crippen LogP contribution is -2.26. The second-order valence-corrected chi connectivity index (χ2v) is 4.70. The number of carbonyl (C=O) groups is 2. The average molecular weight is 263 g/mol. The second-order valence-electron chi connectivity index (χ2n) is 4.70. The number of hydrogen-bond acceptors (Lipinski definition) is 3. The Bertz CT molecular complexity index is 429. The van der Waals surface area contributed by atoms with Crippen molar-refractivity contribution in [3.05, 3.63) is 29.8 Å². The molecule has 19 heavy (non-hydrogen) atoms. The van der Waals surface area contributed by atoms with Crippen molar-refractivity contribution >= 4 is 17.5 Å². The average Bonchev–Trinajstić information content (AvgIpc) is 2.37. The van der Waals surface area contributed by atoms with Crippen molar-refractivity contribution in [2.75, 3.05) is 11.9 Å². The third-order valence-corrected chi connectivity index (χ3v) is 2.70. The van der Waals surface area contributed by atoms with E-state index in [1.807, 2.05) is 31.2 Å². The molecule has 0 saturated carbocycles. The summed E-state index contributed by atoms with van der Waals surface area (Å²) in [5, 5.41) is 5.53. The van der Waals surface area contributed by atoms with Crippen LogP contribution in [0.4, 0.5) is 5.69 Å². The maximum Gasteiger partial charge on any atom is 0.221 e. The molecule has 5 nitrogen and oxygen atoms in total. The maximum atomic E-state index is 11.6. The highest BCUT2D eigenvalue weighted by Crippen LogP contribution is 2.09. The first kappa shape index (κ1) is 15.2. The molecule has 1 aromatic carbocycles. The Hall–Kier alpha value is -1.88. The van der Waals surface area contributed by atoms with E-state index in [-0.39, 0.29) is 17.7 Å². The molecule has 5 heteroatoms. The number of rotatable bonds is 6. The van der Waals surface area contributed by atoms with Crippen molar-refractivity contribution in [3.63, 3.8) is 0 Å². The summed E-state index contributed by atoms with van der Waals surface area (Å²) in [6.07, 6.45) is 0.445. The van der Waals surface area contributed by atoms with Crippen molar-refractivity contribution in [2.45, 2.75) is 26.8 Å². The van der Waals surface area contributed by atoms with Crippen molar-refractivity contribution in [2.24, 2.45) is 11.7 Å². The number of anilines is 1. The van der Waals surface area contributed by atoms with E-state index >= 15 is 0 Å². The van der Waals surface area contributed by atoms with Crippen molar-refractivity contribution < 1.29 is 9.59 Å². The summed E-state index contributed by atoms with van der Waals surface area (Å²) in [5.74, 6) is 0.0999. The summed E-state index contributed by atoms with van der Waals surface area (Å²) in [6.45, 7) is 4.41. The summed E-state index contributed by atoms with van der Waals surface area (Å²) in [6, 6.07) is 7.37. The zero-order valence-corrected chi connectivity index (χ0v) is 11.4. The van der Waals surface area contributed by atoms with Crippen LogP contribution in [0.2, 0.25) is 0 Å². The smallest absolute Gasteiger partial charge is 0.221 e. The van der Waals surface area contributed by atoms with E-state index in [9.17, 15) is 9.59 Å². The molecule has 1 rings (SSSR count). The first-order chi connectivity index (χ1) is 9.01. The van der Waals surface area contributed by atoms with E-state index in [1.165, 1.54) is 6.92 Å². The molecule has 0 heterocycles. The summed E-state index contributed by atoms with van der Waals surface area (Å²) in [7, 11) is 0. The van der Waals surface area contributed by atoms with Gasteiger partial charge in [-0.2, -0.15) is 0 Å². The van der Waals surface area contributed by atoms with E-state index in [0.717, 1.165) is 11.3 Å². The number of hydrogen-bond donors (Lipinski definition) is 3. The fraction of sp³-hybridized carbons (Fsp3) is 0.429. The number of amides is 2. The fourth-order valence-corrected chi connectivity index (χ4v) is 1.58. The lowest BCUT2D eigenvalue weighted by atomic mass is 10.1. The van der Waals surface area contributed by atoms with E-state index < -0.39 is 0 Å². The van der Waals surface area contributed by atoms with Crippen LogP contribution in [0.15, 0.2) is 24.3 Å². The number of nitrogens with two attached hydrogens (primary N) is 1. The summed E-state index contributed by atoms with van der Waals surface area (Å²) < 4.78 is 0. The van der Waals surface area contributed by atoms with Crippen LogP contribution >= 0.6 is 0 Å². The molecule has 0 saturated heterocycles. The molecule has 0 aliphatic heterocycles. The van der Waals surface area contributed by atoms with Crippen molar-refractivity contribution in [3.8, 4) is 0 Å². The molecular formula is C14H21N3O2. The molecule has 0 aliphatic rings. The lowest BCUT2D eigenvalue weighted by molar-refractivity contribution is -0.122. The van der Waals surface area contributed by atoms with Gasteiger partial charge in [-0.05, 0) is 30.2 Å². The Kier molecular flexibility index (Phi) is 6.02. The standard InChI is InChI=1S/C14H21N3O2/c1-10(8-15)7-14(19)16-9-12-3-5-13(6-4-12)17-11(2)18/h3-6,10H,7-9,15H2,1-2H3,(H,16,19)(H,17,18). The molecule has 0 aromatic heterocycles. The van der Waals surface area contributed by atoms with Crippen LogP contribution in [0.1, 0.15) is 25.8 Å². The van der Waals surface area contributed by atoms with Gasteiger partial charge < -0.3 is 16.4 Å². The molecule has 104 valence electrons. The van der Waals surface area contributed by atoms with Gasteiger partial charge in [0.2, 0.25) is 11.8 Å². The quantitative estimate of drug-likeness (QED) is 0.722.